The minimum atomic E-state index is -0.0311. The Bertz CT molecular complexity index is 2860. The molecule has 3 aromatic heterocycles. The van der Waals surface area contributed by atoms with E-state index in [1.54, 1.807) is 0 Å². The van der Waals surface area contributed by atoms with Gasteiger partial charge in [-0.2, -0.15) is 0 Å². The minimum absolute atomic E-state index is 0.0311. The number of nitrogens with two attached hydrogens (primary N) is 1. The van der Waals surface area contributed by atoms with Crippen molar-refractivity contribution in [1.29, 1.82) is 0 Å². The van der Waals surface area contributed by atoms with Crippen LogP contribution in [0.4, 0.5) is 0 Å². The molecular formula is C46H33N3. The molecule has 2 N–H and O–H groups in total. The Labute approximate surface area is 284 Å². The smallest absolute Gasteiger partial charge is 0.0548 e. The fourth-order valence-corrected chi connectivity index (χ4v) is 8.00. The quantitative estimate of drug-likeness (QED) is 0.189. The fourth-order valence-electron chi connectivity index (χ4n) is 8.00. The molecule has 0 saturated carbocycles. The van der Waals surface area contributed by atoms with Gasteiger partial charge in [0, 0.05) is 38.7 Å². The predicted molar refractivity (Wildman–Crippen MR) is 207 cm³/mol. The molecular weight excluding hydrogens is 595 g/mol. The Balaban J connectivity index is 1.11. The summed E-state index contributed by atoms with van der Waals surface area (Å²) < 4.78 is 4.87. The number of rotatable bonds is 5. The first kappa shape index (κ1) is 27.9. The molecule has 0 spiro atoms. The number of fused-ring (bicyclic) bond motifs is 11. The molecule has 7 aromatic carbocycles. The van der Waals surface area contributed by atoms with Gasteiger partial charge in [0.1, 0.15) is 0 Å². The summed E-state index contributed by atoms with van der Waals surface area (Å²) in [6.07, 6.45) is 0.798. The van der Waals surface area contributed by atoms with Gasteiger partial charge in [-0.1, -0.05) is 127 Å². The van der Waals surface area contributed by atoms with E-state index in [1.165, 1.54) is 76.6 Å². The Morgan fingerprint density at radius 2 is 1.06 bits per heavy atom. The lowest BCUT2D eigenvalue weighted by Gasteiger charge is -2.13. The zero-order valence-electron chi connectivity index (χ0n) is 26.9. The van der Waals surface area contributed by atoms with E-state index in [2.05, 4.69) is 173 Å². The summed E-state index contributed by atoms with van der Waals surface area (Å²) in [6, 6.07) is 61.6. The van der Waals surface area contributed by atoms with Gasteiger partial charge in [0.2, 0.25) is 0 Å². The van der Waals surface area contributed by atoms with Crippen LogP contribution < -0.4 is 5.73 Å². The molecule has 0 aliphatic heterocycles. The van der Waals surface area contributed by atoms with Crippen LogP contribution in [-0.4, -0.2) is 8.97 Å². The third-order valence-corrected chi connectivity index (χ3v) is 10.3. The molecule has 10 rings (SSSR count). The van der Waals surface area contributed by atoms with Crippen molar-refractivity contribution in [1.82, 2.24) is 8.97 Å². The highest BCUT2D eigenvalue weighted by molar-refractivity contribution is 6.18. The van der Waals surface area contributed by atoms with E-state index in [0.29, 0.717) is 0 Å². The maximum Gasteiger partial charge on any atom is 0.0548 e. The van der Waals surface area contributed by atoms with Crippen molar-refractivity contribution >= 4 is 59.9 Å². The summed E-state index contributed by atoms with van der Waals surface area (Å²) in [5.74, 6) is 0. The van der Waals surface area contributed by atoms with Gasteiger partial charge in [-0.15, -0.1) is 0 Å². The normalized spacial score (nSPS) is 12.6. The largest absolute Gasteiger partial charge is 0.324 e. The SMILES string of the molecule is NC(Cc1cccc(-c2ccc(-n3c4ccccc4c4cc5c(cc43)cc3c4ccccc4c4ccccc4n53)cc2)c1)c1ccccc1. The lowest BCUT2D eigenvalue weighted by Crippen LogP contribution is -2.13. The van der Waals surface area contributed by atoms with E-state index >= 15 is 0 Å². The summed E-state index contributed by atoms with van der Waals surface area (Å²) in [6.45, 7) is 0. The molecule has 0 radical (unpaired) electrons. The first-order chi connectivity index (χ1) is 24.2. The van der Waals surface area contributed by atoms with Gasteiger partial charge in [-0.25, -0.2) is 0 Å². The molecule has 1 atom stereocenters. The van der Waals surface area contributed by atoms with Crippen LogP contribution in [-0.2, 0) is 6.42 Å². The Morgan fingerprint density at radius 1 is 0.429 bits per heavy atom. The van der Waals surface area contributed by atoms with Gasteiger partial charge in [0.05, 0.1) is 27.6 Å². The highest BCUT2D eigenvalue weighted by atomic mass is 15.0. The number of pyridine rings is 1. The van der Waals surface area contributed by atoms with Crippen LogP contribution in [0.2, 0.25) is 0 Å². The first-order valence-corrected chi connectivity index (χ1v) is 17.0. The molecule has 0 saturated heterocycles. The fraction of sp³-hybridized carbons (Fsp3) is 0.0435. The van der Waals surface area contributed by atoms with Gasteiger partial charge in [-0.05, 0) is 76.5 Å². The molecule has 3 heterocycles. The van der Waals surface area contributed by atoms with Gasteiger partial charge >= 0.3 is 0 Å². The van der Waals surface area contributed by atoms with E-state index in [-0.39, 0.29) is 6.04 Å². The van der Waals surface area contributed by atoms with Gasteiger partial charge < -0.3 is 14.7 Å². The van der Waals surface area contributed by atoms with E-state index in [0.717, 1.165) is 17.7 Å². The molecule has 232 valence electrons. The van der Waals surface area contributed by atoms with Gasteiger partial charge in [0.25, 0.3) is 0 Å². The molecule has 3 nitrogen and oxygen atoms in total. The number of aromatic nitrogens is 2. The third-order valence-electron chi connectivity index (χ3n) is 10.3. The van der Waals surface area contributed by atoms with Gasteiger partial charge in [0.15, 0.2) is 0 Å². The molecule has 49 heavy (non-hydrogen) atoms. The first-order valence-electron chi connectivity index (χ1n) is 17.0. The van der Waals surface area contributed by atoms with E-state index in [9.17, 15) is 0 Å². The monoisotopic (exact) mass is 627 g/mol. The number of nitrogens with zero attached hydrogens (tertiary/aromatic N) is 2. The highest BCUT2D eigenvalue weighted by Crippen LogP contribution is 2.39. The molecule has 3 heteroatoms. The van der Waals surface area contributed by atoms with Crippen LogP contribution in [0.3, 0.4) is 0 Å². The van der Waals surface area contributed by atoms with Crippen LogP contribution in [0, 0.1) is 0 Å². The molecule has 10 aromatic rings. The molecule has 0 amide bonds. The molecule has 1 unspecified atom stereocenters. The topological polar surface area (TPSA) is 35.4 Å². The van der Waals surface area contributed by atoms with Gasteiger partial charge in [-0.3, -0.25) is 0 Å². The van der Waals surface area contributed by atoms with Crippen molar-refractivity contribution in [2.45, 2.75) is 12.5 Å². The molecule has 0 aliphatic rings. The van der Waals surface area contributed by atoms with Crippen molar-refractivity contribution < 1.29 is 0 Å². The minimum Gasteiger partial charge on any atom is -0.324 e. The van der Waals surface area contributed by atoms with Crippen LogP contribution in [0.15, 0.2) is 170 Å². The second-order valence-corrected chi connectivity index (χ2v) is 13.2. The molecule has 0 bridgehead atoms. The van der Waals surface area contributed by atoms with Crippen molar-refractivity contribution in [3.05, 3.63) is 181 Å². The summed E-state index contributed by atoms with van der Waals surface area (Å²) in [5.41, 5.74) is 18.7. The third kappa shape index (κ3) is 4.40. The average Bonchev–Trinajstić information content (AvgIpc) is 3.70. The summed E-state index contributed by atoms with van der Waals surface area (Å²) >= 11 is 0. The number of hydrogen-bond acceptors (Lipinski definition) is 1. The lowest BCUT2D eigenvalue weighted by atomic mass is 9.96. The zero-order chi connectivity index (χ0) is 32.5. The second-order valence-electron chi connectivity index (χ2n) is 13.2. The van der Waals surface area contributed by atoms with Crippen LogP contribution in [0.5, 0.6) is 0 Å². The highest BCUT2D eigenvalue weighted by Gasteiger charge is 2.17. The Morgan fingerprint density at radius 3 is 1.84 bits per heavy atom. The molecule has 0 fully saturated rings. The van der Waals surface area contributed by atoms with Crippen molar-refractivity contribution in [2.24, 2.45) is 5.73 Å². The number of para-hydroxylation sites is 2. The summed E-state index contributed by atoms with van der Waals surface area (Å²) in [4.78, 5) is 0. The average molecular weight is 628 g/mol. The summed E-state index contributed by atoms with van der Waals surface area (Å²) in [5, 5.41) is 7.59. The standard InChI is InChI=1S/C46H33N3/c47-41(32-12-2-1-3-13-32)26-30-11-10-14-33(25-30)31-21-23-35(24-22-31)48-42-19-8-7-18-39(42)40-29-44-34(28-46(40)48)27-45-38-17-5-4-15-36(38)37-16-6-9-20-43(37)49(44)45/h1-25,27-29,41H,26,47H2. The second kappa shape index (κ2) is 10.9. The predicted octanol–water partition coefficient (Wildman–Crippen LogP) is 11.4. The lowest BCUT2D eigenvalue weighted by molar-refractivity contribution is 0.722. The van der Waals surface area contributed by atoms with E-state index in [4.69, 9.17) is 5.73 Å². The van der Waals surface area contributed by atoms with E-state index in [1.807, 2.05) is 6.07 Å². The van der Waals surface area contributed by atoms with Crippen LogP contribution in [0.1, 0.15) is 17.2 Å². The Kier molecular flexibility index (Phi) is 6.23. The van der Waals surface area contributed by atoms with Crippen LogP contribution >= 0.6 is 0 Å². The maximum absolute atomic E-state index is 6.58. The Hall–Kier alpha value is -6.16. The molecule has 0 aliphatic carbocycles. The van der Waals surface area contributed by atoms with Crippen LogP contribution in [0.25, 0.3) is 76.7 Å². The maximum atomic E-state index is 6.58. The van der Waals surface area contributed by atoms with Crippen molar-refractivity contribution in [3.8, 4) is 16.8 Å². The van der Waals surface area contributed by atoms with Crippen molar-refractivity contribution in [2.75, 3.05) is 0 Å². The van der Waals surface area contributed by atoms with Crippen molar-refractivity contribution in [3.63, 3.8) is 0 Å². The summed E-state index contributed by atoms with van der Waals surface area (Å²) in [7, 11) is 0. The van der Waals surface area contributed by atoms with E-state index < -0.39 is 0 Å². The zero-order valence-corrected chi connectivity index (χ0v) is 26.9. The number of hydrogen-bond donors (Lipinski definition) is 1. The number of benzene rings is 7.